The van der Waals surface area contributed by atoms with E-state index in [9.17, 15) is 14.9 Å². The van der Waals surface area contributed by atoms with E-state index >= 15 is 0 Å². The lowest BCUT2D eigenvalue weighted by Gasteiger charge is -2.36. The largest absolute Gasteiger partial charge is 0.353 e. The van der Waals surface area contributed by atoms with Gasteiger partial charge in [-0.1, -0.05) is 35.9 Å². The molecule has 0 spiro atoms. The summed E-state index contributed by atoms with van der Waals surface area (Å²) in [4.78, 5) is 25.7. The molecule has 1 aliphatic rings. The average molecular weight is 439 g/mol. The van der Waals surface area contributed by atoms with E-state index in [0.29, 0.717) is 6.54 Å². The lowest BCUT2D eigenvalue weighted by molar-refractivity contribution is -0.384. The number of hydrogen-bond donors (Lipinski definition) is 1. The molecule has 1 aliphatic heterocycles. The Bertz CT molecular complexity index is 1130. The van der Waals surface area contributed by atoms with Crippen LogP contribution < -0.4 is 5.32 Å². The molecule has 2 aromatic carbocycles. The van der Waals surface area contributed by atoms with Crippen LogP contribution in [0.15, 0.2) is 60.8 Å². The molecule has 1 N–H and O–H groups in total. The molecule has 2 heterocycles. The first-order valence-corrected chi connectivity index (χ1v) is 10.5. The Morgan fingerprint density at radius 3 is 2.68 bits per heavy atom. The van der Waals surface area contributed by atoms with Crippen molar-refractivity contribution in [3.05, 3.63) is 98.3 Å². The maximum absolute atomic E-state index is 12.8. The molecule has 1 atom stereocenters. The lowest BCUT2D eigenvalue weighted by Crippen LogP contribution is -2.41. The van der Waals surface area contributed by atoms with Crippen molar-refractivity contribution in [3.63, 3.8) is 0 Å². The molecule has 31 heavy (non-hydrogen) atoms. The molecule has 0 saturated heterocycles. The molecule has 8 heteroatoms. The van der Waals surface area contributed by atoms with Crippen molar-refractivity contribution in [2.24, 2.45) is 7.05 Å². The number of carbonyl (C=O) groups is 1. The second-order valence-corrected chi connectivity index (χ2v) is 8.09. The van der Waals surface area contributed by atoms with Crippen LogP contribution in [0, 0.1) is 10.1 Å². The van der Waals surface area contributed by atoms with Crippen molar-refractivity contribution in [2.75, 3.05) is 13.1 Å². The van der Waals surface area contributed by atoms with Crippen LogP contribution in [0.3, 0.4) is 0 Å². The smallest absolute Gasteiger partial charge is 0.288 e. The fraction of sp³-hybridized carbons (Fsp3) is 0.261. The standard InChI is InChI=1S/C23H23ClN4O3/c1-26-11-4-7-20(26)22(27-12-10-16-5-2-3-6-18(16)15-27)14-25-23(29)17-8-9-19(24)21(13-17)28(30)31/h2-9,11,13,22H,10,12,14-15H2,1H3,(H,25,29). The summed E-state index contributed by atoms with van der Waals surface area (Å²) >= 11 is 5.87. The first-order valence-electron chi connectivity index (χ1n) is 10.1. The molecule has 160 valence electrons. The van der Waals surface area contributed by atoms with Crippen molar-refractivity contribution in [1.82, 2.24) is 14.8 Å². The van der Waals surface area contributed by atoms with Gasteiger partial charge in [0.05, 0.1) is 11.0 Å². The van der Waals surface area contributed by atoms with Crippen LogP contribution in [0.25, 0.3) is 0 Å². The number of amides is 1. The number of nitro groups is 1. The molecule has 0 fully saturated rings. The topological polar surface area (TPSA) is 80.4 Å². The molecule has 7 nitrogen and oxygen atoms in total. The Kier molecular flexibility index (Phi) is 6.06. The number of aryl methyl sites for hydroxylation is 1. The molecule has 0 aliphatic carbocycles. The van der Waals surface area contributed by atoms with Crippen LogP contribution in [-0.4, -0.2) is 33.4 Å². The summed E-state index contributed by atoms with van der Waals surface area (Å²) in [7, 11) is 1.99. The predicted octanol–water partition coefficient (Wildman–Crippen LogP) is 4.12. The van der Waals surface area contributed by atoms with E-state index in [1.165, 1.54) is 29.3 Å². The summed E-state index contributed by atoms with van der Waals surface area (Å²) in [6.07, 6.45) is 2.94. The van der Waals surface area contributed by atoms with E-state index in [1.54, 1.807) is 0 Å². The summed E-state index contributed by atoms with van der Waals surface area (Å²) in [5, 5.41) is 14.1. The van der Waals surface area contributed by atoms with E-state index < -0.39 is 4.92 Å². The summed E-state index contributed by atoms with van der Waals surface area (Å²) in [6, 6.07) is 16.5. The van der Waals surface area contributed by atoms with Gasteiger partial charge in [-0.2, -0.15) is 0 Å². The summed E-state index contributed by atoms with van der Waals surface area (Å²) in [5.74, 6) is -0.364. The van der Waals surface area contributed by atoms with Crippen molar-refractivity contribution in [3.8, 4) is 0 Å². The Balaban J connectivity index is 1.54. The normalized spacial score (nSPS) is 14.6. The van der Waals surface area contributed by atoms with E-state index in [0.717, 1.165) is 25.2 Å². The van der Waals surface area contributed by atoms with Crippen molar-refractivity contribution < 1.29 is 9.72 Å². The highest BCUT2D eigenvalue weighted by Crippen LogP contribution is 2.28. The number of nitrogens with one attached hydrogen (secondary N) is 1. The van der Waals surface area contributed by atoms with Gasteiger partial charge in [-0.15, -0.1) is 0 Å². The maximum Gasteiger partial charge on any atom is 0.288 e. The van der Waals surface area contributed by atoms with Gasteiger partial charge >= 0.3 is 0 Å². The third-order valence-corrected chi connectivity index (χ3v) is 6.11. The van der Waals surface area contributed by atoms with Crippen LogP contribution in [0.5, 0.6) is 0 Å². The zero-order chi connectivity index (χ0) is 22.0. The molecule has 4 rings (SSSR count). The Morgan fingerprint density at radius 1 is 1.19 bits per heavy atom. The number of hydrogen-bond acceptors (Lipinski definition) is 4. The number of carbonyl (C=O) groups excluding carboxylic acids is 1. The quantitative estimate of drug-likeness (QED) is 0.463. The van der Waals surface area contributed by atoms with Crippen LogP contribution >= 0.6 is 11.6 Å². The second kappa shape index (κ2) is 8.91. The minimum absolute atomic E-state index is 0.00946. The number of aromatic nitrogens is 1. The fourth-order valence-corrected chi connectivity index (χ4v) is 4.30. The van der Waals surface area contributed by atoms with Crippen LogP contribution in [0.2, 0.25) is 5.02 Å². The molecule has 3 aromatic rings. The highest BCUT2D eigenvalue weighted by molar-refractivity contribution is 6.32. The first kappa shape index (κ1) is 21.1. The van der Waals surface area contributed by atoms with Gasteiger partial charge in [-0.3, -0.25) is 19.8 Å². The van der Waals surface area contributed by atoms with E-state index in [2.05, 4.69) is 45.1 Å². The van der Waals surface area contributed by atoms with Gasteiger partial charge in [0, 0.05) is 50.2 Å². The van der Waals surface area contributed by atoms with E-state index in [-0.39, 0.29) is 28.2 Å². The highest BCUT2D eigenvalue weighted by Gasteiger charge is 2.27. The van der Waals surface area contributed by atoms with Crippen molar-refractivity contribution in [2.45, 2.75) is 19.0 Å². The zero-order valence-corrected chi connectivity index (χ0v) is 17.9. The Hall–Kier alpha value is -3.16. The van der Waals surface area contributed by atoms with Gasteiger partial charge in [0.25, 0.3) is 11.6 Å². The monoisotopic (exact) mass is 438 g/mol. The maximum atomic E-state index is 12.8. The number of rotatable bonds is 6. The van der Waals surface area contributed by atoms with Gasteiger partial charge in [0.2, 0.25) is 0 Å². The molecular formula is C23H23ClN4O3. The van der Waals surface area contributed by atoms with Gasteiger partial charge in [0.1, 0.15) is 5.02 Å². The number of halogens is 1. The van der Waals surface area contributed by atoms with Gasteiger partial charge in [-0.25, -0.2) is 0 Å². The minimum Gasteiger partial charge on any atom is -0.353 e. The summed E-state index contributed by atoms with van der Waals surface area (Å²) < 4.78 is 2.06. The van der Waals surface area contributed by atoms with E-state index in [4.69, 9.17) is 11.6 Å². The lowest BCUT2D eigenvalue weighted by atomic mass is 9.97. The predicted molar refractivity (Wildman–Crippen MR) is 119 cm³/mol. The fourth-order valence-electron chi connectivity index (χ4n) is 4.11. The Labute approximate surface area is 185 Å². The zero-order valence-electron chi connectivity index (χ0n) is 17.1. The molecular weight excluding hydrogens is 416 g/mol. The number of fused-ring (bicyclic) bond motifs is 1. The summed E-state index contributed by atoms with van der Waals surface area (Å²) in [6.45, 7) is 2.07. The van der Waals surface area contributed by atoms with Crippen molar-refractivity contribution >= 4 is 23.2 Å². The average Bonchev–Trinajstić information content (AvgIpc) is 3.19. The van der Waals surface area contributed by atoms with Gasteiger partial charge in [-0.05, 0) is 41.8 Å². The number of nitro benzene ring substituents is 1. The molecule has 1 aromatic heterocycles. The third-order valence-electron chi connectivity index (χ3n) is 5.79. The van der Waals surface area contributed by atoms with Gasteiger partial charge in [0.15, 0.2) is 0 Å². The number of nitrogens with zero attached hydrogens (tertiary/aromatic N) is 3. The second-order valence-electron chi connectivity index (χ2n) is 7.68. The molecule has 0 radical (unpaired) electrons. The summed E-state index contributed by atoms with van der Waals surface area (Å²) in [5.41, 5.74) is 3.70. The van der Waals surface area contributed by atoms with Crippen molar-refractivity contribution in [1.29, 1.82) is 0 Å². The molecule has 0 bridgehead atoms. The third kappa shape index (κ3) is 4.47. The molecule has 0 saturated carbocycles. The highest BCUT2D eigenvalue weighted by atomic mass is 35.5. The van der Waals surface area contributed by atoms with Crippen LogP contribution in [-0.2, 0) is 20.0 Å². The minimum atomic E-state index is -0.586. The molecule has 1 unspecified atom stereocenters. The molecule has 1 amide bonds. The van der Waals surface area contributed by atoms with Gasteiger partial charge < -0.3 is 9.88 Å². The Morgan fingerprint density at radius 2 is 1.97 bits per heavy atom. The number of benzene rings is 2. The SMILES string of the molecule is Cn1cccc1C(CNC(=O)c1ccc(Cl)c([N+](=O)[O-])c1)N1CCc2ccccc2C1. The van der Waals surface area contributed by atoms with E-state index in [1.807, 2.05) is 19.3 Å². The van der Waals surface area contributed by atoms with Crippen LogP contribution in [0.4, 0.5) is 5.69 Å². The first-order chi connectivity index (χ1) is 14.9. The van der Waals surface area contributed by atoms with Crippen LogP contribution in [0.1, 0.15) is 33.2 Å².